The van der Waals surface area contributed by atoms with E-state index in [0.717, 1.165) is 19.3 Å². The van der Waals surface area contributed by atoms with Crippen LogP contribution in [0.5, 0.6) is 0 Å². The minimum absolute atomic E-state index is 0. The number of benzene rings is 1. The maximum atomic E-state index is 12.1. The van der Waals surface area contributed by atoms with E-state index < -0.39 is 15.6 Å². The zero-order valence-electron chi connectivity index (χ0n) is 12.7. The number of nitrogens with one attached hydrogen (secondary N) is 1. The van der Waals surface area contributed by atoms with Gasteiger partial charge in [0.15, 0.2) is 5.82 Å². The summed E-state index contributed by atoms with van der Waals surface area (Å²) in [6, 6.07) is 6.07. The summed E-state index contributed by atoms with van der Waals surface area (Å²) in [6.45, 7) is 0.147. The highest BCUT2D eigenvalue weighted by Gasteiger charge is 2.38. The van der Waals surface area contributed by atoms with Crippen LogP contribution in [0.4, 0.5) is 0 Å². The molecule has 1 aliphatic carbocycles. The van der Waals surface area contributed by atoms with Gasteiger partial charge in [-0.1, -0.05) is 22.8 Å². The lowest BCUT2D eigenvalue weighted by Gasteiger charge is -2.34. The predicted octanol–water partition coefficient (Wildman–Crippen LogP) is 2.00. The van der Waals surface area contributed by atoms with E-state index in [1.54, 1.807) is 12.1 Å². The van der Waals surface area contributed by atoms with Crippen molar-refractivity contribution in [1.82, 2.24) is 14.9 Å². The van der Waals surface area contributed by atoms with Crippen LogP contribution in [0.25, 0.3) is 0 Å². The first kappa shape index (κ1) is 19.1. The molecule has 3 rings (SSSR count). The Morgan fingerprint density at radius 2 is 2.12 bits per heavy atom. The van der Waals surface area contributed by atoms with Gasteiger partial charge in [0.2, 0.25) is 15.9 Å². The highest BCUT2D eigenvalue weighted by atomic mass is 35.5. The molecular weight excluding hydrogens is 375 g/mol. The lowest BCUT2D eigenvalue weighted by atomic mass is 9.77. The SMILES string of the molecule is Cl.NC1(c2noc(CCNS(=O)(=O)c3cccc(Cl)c3)n2)CCC1. The fourth-order valence-electron chi connectivity index (χ4n) is 2.35. The van der Waals surface area contributed by atoms with Crippen LogP contribution < -0.4 is 10.5 Å². The van der Waals surface area contributed by atoms with E-state index in [2.05, 4.69) is 14.9 Å². The molecule has 1 saturated carbocycles. The Bertz CT molecular complexity index is 806. The third-order valence-electron chi connectivity index (χ3n) is 3.90. The number of nitrogens with two attached hydrogens (primary N) is 1. The Balaban J connectivity index is 0.00000208. The van der Waals surface area contributed by atoms with E-state index in [0.29, 0.717) is 23.2 Å². The Morgan fingerprint density at radius 3 is 2.75 bits per heavy atom. The van der Waals surface area contributed by atoms with Crippen molar-refractivity contribution in [3.05, 3.63) is 41.0 Å². The second kappa shape index (κ2) is 7.37. The average molecular weight is 393 g/mol. The molecule has 24 heavy (non-hydrogen) atoms. The summed E-state index contributed by atoms with van der Waals surface area (Å²) < 4.78 is 31.9. The van der Waals surface area contributed by atoms with E-state index in [-0.39, 0.29) is 23.8 Å². The minimum atomic E-state index is -3.62. The molecule has 0 atom stereocenters. The summed E-state index contributed by atoms with van der Waals surface area (Å²) in [5.74, 6) is 0.863. The van der Waals surface area contributed by atoms with Crippen molar-refractivity contribution in [3.8, 4) is 0 Å². The van der Waals surface area contributed by atoms with Crippen LogP contribution in [0.2, 0.25) is 5.02 Å². The van der Waals surface area contributed by atoms with Crippen molar-refractivity contribution in [2.45, 2.75) is 36.1 Å². The van der Waals surface area contributed by atoms with Gasteiger partial charge in [-0.2, -0.15) is 4.98 Å². The Hall–Kier alpha value is -1.19. The number of aromatic nitrogens is 2. The Kier molecular flexibility index (Phi) is 5.87. The highest BCUT2D eigenvalue weighted by molar-refractivity contribution is 7.89. The van der Waals surface area contributed by atoms with Crippen molar-refractivity contribution >= 4 is 34.0 Å². The molecule has 0 radical (unpaired) electrons. The number of rotatable bonds is 6. The van der Waals surface area contributed by atoms with Crippen LogP contribution in [-0.2, 0) is 22.0 Å². The summed E-state index contributed by atoms with van der Waals surface area (Å²) in [7, 11) is -3.62. The number of nitrogens with zero attached hydrogens (tertiary/aromatic N) is 2. The van der Waals surface area contributed by atoms with Gasteiger partial charge in [0.1, 0.15) is 0 Å². The maximum Gasteiger partial charge on any atom is 0.240 e. The molecule has 1 heterocycles. The van der Waals surface area contributed by atoms with Gasteiger partial charge in [0.25, 0.3) is 0 Å². The number of hydrogen-bond acceptors (Lipinski definition) is 6. The minimum Gasteiger partial charge on any atom is -0.339 e. The third kappa shape index (κ3) is 4.07. The summed E-state index contributed by atoms with van der Waals surface area (Å²) >= 11 is 5.81. The van der Waals surface area contributed by atoms with Crippen molar-refractivity contribution in [2.75, 3.05) is 6.54 Å². The molecule has 1 aromatic heterocycles. The summed E-state index contributed by atoms with van der Waals surface area (Å²) in [6.07, 6.45) is 3.03. The third-order valence-corrected chi connectivity index (χ3v) is 5.59. The van der Waals surface area contributed by atoms with Crippen LogP contribution in [-0.4, -0.2) is 25.1 Å². The fraction of sp³-hybridized carbons (Fsp3) is 0.429. The number of halogens is 2. The largest absolute Gasteiger partial charge is 0.339 e. The van der Waals surface area contributed by atoms with Gasteiger partial charge < -0.3 is 10.3 Å². The molecule has 0 aliphatic heterocycles. The topological polar surface area (TPSA) is 111 Å². The quantitative estimate of drug-likeness (QED) is 0.777. The van der Waals surface area contributed by atoms with Gasteiger partial charge in [0.05, 0.1) is 10.4 Å². The molecule has 3 N–H and O–H groups in total. The van der Waals surface area contributed by atoms with Gasteiger partial charge in [-0.3, -0.25) is 0 Å². The van der Waals surface area contributed by atoms with Crippen molar-refractivity contribution in [3.63, 3.8) is 0 Å². The fourth-order valence-corrected chi connectivity index (χ4v) is 3.68. The second-order valence-electron chi connectivity index (χ2n) is 5.63. The number of sulfonamides is 1. The molecule has 2 aromatic rings. The smallest absolute Gasteiger partial charge is 0.240 e. The van der Waals surface area contributed by atoms with Crippen LogP contribution >= 0.6 is 24.0 Å². The summed E-state index contributed by atoms with van der Waals surface area (Å²) in [5, 5.41) is 4.25. The van der Waals surface area contributed by atoms with E-state index in [9.17, 15) is 8.42 Å². The zero-order chi connectivity index (χ0) is 16.5. The second-order valence-corrected chi connectivity index (χ2v) is 7.83. The van der Waals surface area contributed by atoms with Gasteiger partial charge >= 0.3 is 0 Å². The normalized spacial score (nSPS) is 16.2. The van der Waals surface area contributed by atoms with Gasteiger partial charge in [-0.25, -0.2) is 13.1 Å². The molecule has 1 fully saturated rings. The zero-order valence-corrected chi connectivity index (χ0v) is 15.1. The molecule has 0 saturated heterocycles. The van der Waals surface area contributed by atoms with Crippen LogP contribution in [0.3, 0.4) is 0 Å². The van der Waals surface area contributed by atoms with E-state index in [1.807, 2.05) is 0 Å². The van der Waals surface area contributed by atoms with Crippen LogP contribution in [0.1, 0.15) is 31.0 Å². The first-order valence-corrected chi connectivity index (χ1v) is 9.12. The molecule has 1 aromatic carbocycles. The maximum absolute atomic E-state index is 12.1. The van der Waals surface area contributed by atoms with Gasteiger partial charge in [-0.05, 0) is 37.5 Å². The summed E-state index contributed by atoms with van der Waals surface area (Å²) in [4.78, 5) is 4.37. The Morgan fingerprint density at radius 1 is 1.38 bits per heavy atom. The van der Waals surface area contributed by atoms with Crippen molar-refractivity contribution in [1.29, 1.82) is 0 Å². The first-order chi connectivity index (χ1) is 10.9. The Labute approximate surface area is 151 Å². The summed E-state index contributed by atoms with van der Waals surface area (Å²) in [5.41, 5.74) is 5.63. The molecular formula is C14H18Cl2N4O3S. The molecule has 1 aliphatic rings. The molecule has 132 valence electrons. The standard InChI is InChI=1S/C14H17ClN4O3S.ClH/c15-10-3-1-4-11(9-10)23(20,21)17-8-5-12-18-13(19-22-12)14(16)6-2-7-14;/h1,3-4,9,17H,2,5-8,16H2;1H. The first-order valence-electron chi connectivity index (χ1n) is 7.26. The average Bonchev–Trinajstić information content (AvgIpc) is 2.94. The molecule has 7 nitrogen and oxygen atoms in total. The molecule has 10 heteroatoms. The lowest BCUT2D eigenvalue weighted by Crippen LogP contribution is -2.44. The van der Waals surface area contributed by atoms with Crippen LogP contribution in [0.15, 0.2) is 33.7 Å². The molecule has 0 bridgehead atoms. The van der Waals surface area contributed by atoms with Crippen molar-refractivity contribution in [2.24, 2.45) is 5.73 Å². The van der Waals surface area contributed by atoms with Crippen LogP contribution in [0, 0.1) is 0 Å². The van der Waals surface area contributed by atoms with Crippen molar-refractivity contribution < 1.29 is 12.9 Å². The predicted molar refractivity (Wildman–Crippen MR) is 91.6 cm³/mol. The molecule has 0 spiro atoms. The lowest BCUT2D eigenvalue weighted by molar-refractivity contribution is 0.229. The van der Waals surface area contributed by atoms with Gasteiger partial charge in [-0.15, -0.1) is 12.4 Å². The number of hydrogen-bond donors (Lipinski definition) is 2. The molecule has 0 amide bonds. The van der Waals surface area contributed by atoms with E-state index in [1.165, 1.54) is 12.1 Å². The van der Waals surface area contributed by atoms with E-state index >= 15 is 0 Å². The van der Waals surface area contributed by atoms with E-state index in [4.69, 9.17) is 21.9 Å². The molecule has 0 unspecified atom stereocenters. The van der Waals surface area contributed by atoms with Gasteiger partial charge in [0, 0.05) is 18.0 Å². The monoisotopic (exact) mass is 392 g/mol. The highest BCUT2D eigenvalue weighted by Crippen LogP contribution is 2.36.